The predicted molar refractivity (Wildman–Crippen MR) is 94.1 cm³/mol. The number of aromatic nitrogens is 1. The summed E-state index contributed by atoms with van der Waals surface area (Å²) in [4.78, 5) is 0. The number of nitrogens with zero attached hydrogens (tertiary/aromatic N) is 2. The van der Waals surface area contributed by atoms with Crippen LogP contribution >= 0.6 is 15.9 Å². The van der Waals surface area contributed by atoms with Crippen molar-refractivity contribution in [3.8, 4) is 0 Å². The molecule has 2 heterocycles. The summed E-state index contributed by atoms with van der Waals surface area (Å²) < 4.78 is 3.29. The summed E-state index contributed by atoms with van der Waals surface area (Å²) in [7, 11) is 2.09. The molecule has 3 nitrogen and oxygen atoms in total. The first-order chi connectivity index (χ1) is 10.7. The van der Waals surface area contributed by atoms with E-state index in [4.69, 9.17) is 0 Å². The third-order valence-corrected chi connectivity index (χ3v) is 4.71. The minimum Gasteiger partial charge on any atom is -0.350 e. The number of halogens is 1. The summed E-state index contributed by atoms with van der Waals surface area (Å²) in [5.74, 6) is 0. The van der Waals surface area contributed by atoms with E-state index >= 15 is 0 Å². The van der Waals surface area contributed by atoms with E-state index in [0.29, 0.717) is 0 Å². The smallest absolute Gasteiger partial charge is 0.0766 e. The van der Waals surface area contributed by atoms with E-state index < -0.39 is 0 Å². The van der Waals surface area contributed by atoms with Gasteiger partial charge in [0.2, 0.25) is 0 Å². The van der Waals surface area contributed by atoms with Gasteiger partial charge in [0.25, 0.3) is 0 Å². The number of benzene rings is 2. The summed E-state index contributed by atoms with van der Waals surface area (Å²) in [6.45, 7) is 0. The molecule has 3 aromatic rings. The Morgan fingerprint density at radius 1 is 1.18 bits per heavy atom. The number of hydrogen-bond donors (Lipinski definition) is 1. The van der Waals surface area contributed by atoms with Gasteiger partial charge in [-0.15, -0.1) is 0 Å². The minimum atomic E-state index is 0.230. The summed E-state index contributed by atoms with van der Waals surface area (Å²) in [5.41, 5.74) is 8.17. The Bertz CT molecular complexity index is 865. The number of aryl methyl sites for hydroxylation is 1. The van der Waals surface area contributed by atoms with Crippen LogP contribution < -0.4 is 5.43 Å². The highest BCUT2D eigenvalue weighted by Crippen LogP contribution is 2.32. The Balaban J connectivity index is 1.69. The molecule has 1 unspecified atom stereocenters. The highest BCUT2D eigenvalue weighted by Gasteiger charge is 2.24. The molecule has 0 aliphatic carbocycles. The van der Waals surface area contributed by atoms with Crippen molar-refractivity contribution in [1.82, 2.24) is 9.99 Å². The second kappa shape index (κ2) is 5.29. The molecule has 4 rings (SSSR count). The molecule has 0 saturated carbocycles. The lowest BCUT2D eigenvalue weighted by Gasteiger charge is -2.08. The van der Waals surface area contributed by atoms with Crippen LogP contribution in [0.4, 0.5) is 0 Å². The molecule has 1 aromatic heterocycles. The number of hydrogen-bond acceptors (Lipinski definition) is 2. The van der Waals surface area contributed by atoms with E-state index in [-0.39, 0.29) is 6.04 Å². The van der Waals surface area contributed by atoms with Crippen LogP contribution in [0.3, 0.4) is 0 Å². The SMILES string of the molecule is Cn1cc(C2CC(c3ccccc3)=NN2)c2cc(Br)ccc21. The van der Waals surface area contributed by atoms with Gasteiger partial charge >= 0.3 is 0 Å². The van der Waals surface area contributed by atoms with Gasteiger partial charge in [-0.2, -0.15) is 5.10 Å². The first-order valence-electron chi connectivity index (χ1n) is 7.34. The maximum Gasteiger partial charge on any atom is 0.0766 e. The van der Waals surface area contributed by atoms with Crippen LogP contribution in [0.15, 0.2) is 64.3 Å². The molecule has 4 heteroatoms. The normalized spacial score (nSPS) is 17.5. The van der Waals surface area contributed by atoms with Crippen molar-refractivity contribution in [1.29, 1.82) is 0 Å². The molecule has 110 valence electrons. The fourth-order valence-electron chi connectivity index (χ4n) is 3.11. The monoisotopic (exact) mass is 353 g/mol. The van der Waals surface area contributed by atoms with Crippen molar-refractivity contribution in [2.24, 2.45) is 12.1 Å². The Hall–Kier alpha value is -2.07. The standard InChI is InChI=1S/C18H16BrN3/c1-22-11-15(14-9-13(19)7-8-18(14)22)17-10-16(20-21-17)12-5-3-2-4-6-12/h2-9,11,17,21H,10H2,1H3. The Labute approximate surface area is 137 Å². The molecule has 0 saturated heterocycles. The molecule has 0 fully saturated rings. The topological polar surface area (TPSA) is 29.3 Å². The van der Waals surface area contributed by atoms with Crippen molar-refractivity contribution in [2.45, 2.75) is 12.5 Å². The first-order valence-corrected chi connectivity index (χ1v) is 8.13. The zero-order valence-electron chi connectivity index (χ0n) is 12.3. The molecule has 1 aliphatic heterocycles. The van der Waals surface area contributed by atoms with Gasteiger partial charge in [0, 0.05) is 40.6 Å². The molecule has 1 aliphatic rings. The van der Waals surface area contributed by atoms with Gasteiger partial charge in [-0.05, 0) is 23.8 Å². The maximum absolute atomic E-state index is 4.55. The van der Waals surface area contributed by atoms with Gasteiger partial charge in [0.05, 0.1) is 11.8 Å². The van der Waals surface area contributed by atoms with E-state index in [1.54, 1.807) is 0 Å². The van der Waals surface area contributed by atoms with Crippen LogP contribution in [0.2, 0.25) is 0 Å². The molecule has 0 bridgehead atoms. The van der Waals surface area contributed by atoms with E-state index in [1.807, 2.05) is 6.07 Å². The lowest BCUT2D eigenvalue weighted by atomic mass is 9.99. The molecule has 0 spiro atoms. The van der Waals surface area contributed by atoms with Crippen LogP contribution in [0, 0.1) is 0 Å². The number of nitrogens with one attached hydrogen (secondary N) is 1. The van der Waals surface area contributed by atoms with E-state index in [9.17, 15) is 0 Å². The first kappa shape index (κ1) is 13.6. The van der Waals surface area contributed by atoms with Gasteiger partial charge in [-0.1, -0.05) is 46.3 Å². The average molecular weight is 354 g/mol. The summed E-state index contributed by atoms with van der Waals surface area (Å²) in [6.07, 6.45) is 3.12. The van der Waals surface area contributed by atoms with E-state index in [0.717, 1.165) is 16.6 Å². The third kappa shape index (κ3) is 2.24. The fraction of sp³-hybridized carbons (Fsp3) is 0.167. The Kier molecular flexibility index (Phi) is 3.26. The fourth-order valence-corrected chi connectivity index (χ4v) is 3.47. The second-order valence-corrected chi connectivity index (χ2v) is 6.58. The van der Waals surface area contributed by atoms with Crippen molar-refractivity contribution in [2.75, 3.05) is 0 Å². The average Bonchev–Trinajstić information content (AvgIpc) is 3.13. The highest BCUT2D eigenvalue weighted by atomic mass is 79.9. The van der Waals surface area contributed by atoms with E-state index in [2.05, 4.69) is 86.7 Å². The van der Waals surface area contributed by atoms with Crippen molar-refractivity contribution >= 4 is 32.5 Å². The number of rotatable bonds is 2. The van der Waals surface area contributed by atoms with Crippen LogP contribution in [-0.2, 0) is 7.05 Å². The molecule has 0 radical (unpaired) electrons. The Morgan fingerprint density at radius 2 is 2.00 bits per heavy atom. The van der Waals surface area contributed by atoms with Gasteiger partial charge in [0.1, 0.15) is 0 Å². The molecule has 1 N–H and O–H groups in total. The molecule has 0 amide bonds. The Morgan fingerprint density at radius 3 is 2.82 bits per heavy atom. The second-order valence-electron chi connectivity index (χ2n) is 5.67. The molecular weight excluding hydrogens is 338 g/mol. The lowest BCUT2D eigenvalue weighted by molar-refractivity contribution is 0.622. The number of fused-ring (bicyclic) bond motifs is 1. The zero-order valence-corrected chi connectivity index (χ0v) is 13.8. The van der Waals surface area contributed by atoms with Crippen LogP contribution in [0.25, 0.3) is 10.9 Å². The maximum atomic E-state index is 4.55. The predicted octanol–water partition coefficient (Wildman–Crippen LogP) is 4.38. The molecule has 22 heavy (non-hydrogen) atoms. The quantitative estimate of drug-likeness (QED) is 0.727. The van der Waals surface area contributed by atoms with Crippen molar-refractivity contribution in [3.63, 3.8) is 0 Å². The zero-order chi connectivity index (χ0) is 15.1. The number of hydrazone groups is 1. The minimum absolute atomic E-state index is 0.230. The van der Waals surface area contributed by atoms with Gasteiger partial charge in [-0.3, -0.25) is 0 Å². The van der Waals surface area contributed by atoms with Gasteiger partial charge in [0.15, 0.2) is 0 Å². The largest absolute Gasteiger partial charge is 0.350 e. The molecule has 2 aromatic carbocycles. The third-order valence-electron chi connectivity index (χ3n) is 4.22. The summed E-state index contributed by atoms with van der Waals surface area (Å²) in [5, 5.41) is 5.82. The van der Waals surface area contributed by atoms with Gasteiger partial charge < -0.3 is 9.99 Å². The lowest BCUT2D eigenvalue weighted by Crippen LogP contribution is -2.09. The highest BCUT2D eigenvalue weighted by molar-refractivity contribution is 9.10. The van der Waals surface area contributed by atoms with Crippen molar-refractivity contribution < 1.29 is 0 Å². The van der Waals surface area contributed by atoms with Crippen molar-refractivity contribution in [3.05, 3.63) is 70.3 Å². The summed E-state index contributed by atoms with van der Waals surface area (Å²) in [6, 6.07) is 17.0. The molecule has 1 atom stereocenters. The van der Waals surface area contributed by atoms with Crippen LogP contribution in [-0.4, -0.2) is 10.3 Å². The van der Waals surface area contributed by atoms with Gasteiger partial charge in [-0.25, -0.2) is 0 Å². The summed E-state index contributed by atoms with van der Waals surface area (Å²) >= 11 is 3.57. The van der Waals surface area contributed by atoms with Crippen LogP contribution in [0.1, 0.15) is 23.6 Å². The van der Waals surface area contributed by atoms with Crippen LogP contribution in [0.5, 0.6) is 0 Å². The van der Waals surface area contributed by atoms with E-state index in [1.165, 1.54) is 22.0 Å². The molecular formula is C18H16BrN3.